The van der Waals surface area contributed by atoms with Gasteiger partial charge in [-0.15, -0.1) is 0 Å². The van der Waals surface area contributed by atoms with Crippen LogP contribution in [0.2, 0.25) is 10.0 Å². The number of hydrogen-bond acceptors (Lipinski definition) is 5. The van der Waals surface area contributed by atoms with Crippen LogP contribution in [0.1, 0.15) is 26.4 Å². The zero-order valence-electron chi connectivity index (χ0n) is 19.1. The van der Waals surface area contributed by atoms with Gasteiger partial charge < -0.3 is 20.9 Å². The molecule has 1 aromatic heterocycles. The summed E-state index contributed by atoms with van der Waals surface area (Å²) in [5, 5.41) is 14.9. The fourth-order valence-electron chi connectivity index (χ4n) is 3.04. The minimum atomic E-state index is -0.570. The van der Waals surface area contributed by atoms with E-state index in [4.69, 9.17) is 23.2 Å². The van der Waals surface area contributed by atoms with Crippen LogP contribution in [0, 0.1) is 0 Å². The molecule has 0 atom stereocenters. The van der Waals surface area contributed by atoms with Crippen LogP contribution in [0.3, 0.4) is 0 Å². The van der Waals surface area contributed by atoms with E-state index in [1.54, 1.807) is 42.5 Å². The summed E-state index contributed by atoms with van der Waals surface area (Å²) in [6, 6.07) is 11.8. The van der Waals surface area contributed by atoms with E-state index in [0.29, 0.717) is 12.2 Å². The quantitative estimate of drug-likeness (QED) is 0.322. The third-order valence-electron chi connectivity index (χ3n) is 4.69. The lowest BCUT2D eigenvalue weighted by molar-refractivity contribution is -0.111. The Bertz CT molecular complexity index is 1240. The summed E-state index contributed by atoms with van der Waals surface area (Å²) in [4.78, 5) is 39.3. The number of hydrogen-bond donors (Lipinski definition) is 4. The van der Waals surface area contributed by atoms with Gasteiger partial charge >= 0.3 is 0 Å². The third kappa shape index (κ3) is 7.41. The van der Waals surface area contributed by atoms with Gasteiger partial charge in [-0.25, -0.2) is 0 Å². The van der Waals surface area contributed by atoms with E-state index < -0.39 is 11.8 Å². The molecule has 0 aliphatic heterocycles. The highest BCUT2D eigenvalue weighted by molar-refractivity contribution is 6.40. The molecule has 2 aromatic carbocycles. The topological polar surface area (TPSA) is 119 Å². The number of aromatic amines is 1. The number of carbonyl (C=O) groups is 3. The lowest BCUT2D eigenvalue weighted by Gasteiger charge is -2.10. The van der Waals surface area contributed by atoms with Crippen LogP contribution in [0.25, 0.3) is 0 Å². The standard InChI is InChI=1S/C24H24Cl2N6O3/c1-32(2)11-5-10-20(33)29-16-7-3-6-15(12-16)13-27-24(35)22-19(14-28-31-22)30-23(34)21-17(25)8-4-9-18(21)26/h3-10,12,14H,11,13H2,1-2H3,(H,27,35)(H,28,31)(H,29,33)(H,30,34)/b10-5+. The van der Waals surface area contributed by atoms with Crippen molar-refractivity contribution in [3.05, 3.63) is 87.7 Å². The van der Waals surface area contributed by atoms with E-state index in [1.165, 1.54) is 12.3 Å². The SMILES string of the molecule is CN(C)C/C=C/C(=O)Nc1cccc(CNC(=O)c2[nH]ncc2NC(=O)c2c(Cl)cccc2Cl)c1. The fourth-order valence-corrected chi connectivity index (χ4v) is 3.61. The molecule has 0 fully saturated rings. The van der Waals surface area contributed by atoms with E-state index in [9.17, 15) is 14.4 Å². The average Bonchev–Trinajstić information content (AvgIpc) is 3.25. The molecule has 3 amide bonds. The maximum atomic E-state index is 12.7. The van der Waals surface area contributed by atoms with Crippen molar-refractivity contribution in [3.8, 4) is 0 Å². The lowest BCUT2D eigenvalue weighted by atomic mass is 10.2. The van der Waals surface area contributed by atoms with Gasteiger partial charge in [-0.1, -0.05) is 47.5 Å². The number of likely N-dealkylation sites (N-methyl/N-ethyl adjacent to an activating group) is 1. The first-order chi connectivity index (χ1) is 16.7. The van der Waals surface area contributed by atoms with Crippen molar-refractivity contribution >= 4 is 52.3 Å². The van der Waals surface area contributed by atoms with E-state index >= 15 is 0 Å². The number of H-pyrrole nitrogens is 1. The molecule has 0 aliphatic carbocycles. The van der Waals surface area contributed by atoms with Crippen LogP contribution < -0.4 is 16.0 Å². The van der Waals surface area contributed by atoms with Crippen molar-refractivity contribution in [2.75, 3.05) is 31.3 Å². The van der Waals surface area contributed by atoms with Gasteiger partial charge in [-0.05, 0) is 43.9 Å². The van der Waals surface area contributed by atoms with Crippen molar-refractivity contribution in [3.63, 3.8) is 0 Å². The minimum Gasteiger partial charge on any atom is -0.347 e. The Kier molecular flexibility index (Phi) is 9.02. The van der Waals surface area contributed by atoms with Gasteiger partial charge in [0.1, 0.15) is 5.69 Å². The largest absolute Gasteiger partial charge is 0.347 e. The Balaban J connectivity index is 1.61. The van der Waals surface area contributed by atoms with Crippen LogP contribution in [0.15, 0.2) is 60.8 Å². The van der Waals surface area contributed by atoms with Gasteiger partial charge in [0, 0.05) is 24.9 Å². The minimum absolute atomic E-state index is 0.0667. The summed E-state index contributed by atoms with van der Waals surface area (Å²) in [5.74, 6) is -1.30. The molecule has 0 bridgehead atoms. The molecule has 3 rings (SSSR count). The number of anilines is 2. The van der Waals surface area contributed by atoms with Gasteiger partial charge in [0.25, 0.3) is 11.8 Å². The zero-order chi connectivity index (χ0) is 25.4. The fraction of sp³-hybridized carbons (Fsp3) is 0.167. The highest BCUT2D eigenvalue weighted by Gasteiger charge is 2.19. The average molecular weight is 515 g/mol. The van der Waals surface area contributed by atoms with Crippen molar-refractivity contribution < 1.29 is 14.4 Å². The summed E-state index contributed by atoms with van der Waals surface area (Å²) in [6.45, 7) is 0.836. The summed E-state index contributed by atoms with van der Waals surface area (Å²) >= 11 is 12.2. The monoisotopic (exact) mass is 514 g/mol. The zero-order valence-corrected chi connectivity index (χ0v) is 20.6. The number of nitrogens with zero attached hydrogens (tertiary/aromatic N) is 2. The number of nitrogens with one attached hydrogen (secondary N) is 4. The third-order valence-corrected chi connectivity index (χ3v) is 5.32. The summed E-state index contributed by atoms with van der Waals surface area (Å²) < 4.78 is 0. The Labute approximate surface area is 212 Å². The predicted molar refractivity (Wildman–Crippen MR) is 137 cm³/mol. The number of benzene rings is 2. The normalized spacial score (nSPS) is 11.0. The first-order valence-corrected chi connectivity index (χ1v) is 11.3. The molecular formula is C24H24Cl2N6O3. The summed E-state index contributed by atoms with van der Waals surface area (Å²) in [5.41, 5.74) is 1.70. The van der Waals surface area contributed by atoms with Crippen LogP contribution in [0.5, 0.6) is 0 Å². The van der Waals surface area contributed by atoms with Crippen molar-refractivity contribution in [2.24, 2.45) is 0 Å². The number of halogens is 2. The number of rotatable bonds is 9. The predicted octanol–water partition coefficient (Wildman–Crippen LogP) is 3.96. The second-order valence-corrected chi connectivity index (χ2v) is 8.56. The maximum absolute atomic E-state index is 12.7. The molecule has 0 radical (unpaired) electrons. The molecule has 4 N–H and O–H groups in total. The van der Waals surface area contributed by atoms with Gasteiger partial charge in [0.2, 0.25) is 5.91 Å². The maximum Gasteiger partial charge on any atom is 0.271 e. The van der Waals surface area contributed by atoms with E-state index in [0.717, 1.165) is 5.56 Å². The van der Waals surface area contributed by atoms with Crippen LogP contribution >= 0.6 is 23.2 Å². The molecule has 3 aromatic rings. The van der Waals surface area contributed by atoms with Gasteiger partial charge in [0.15, 0.2) is 0 Å². The van der Waals surface area contributed by atoms with Gasteiger partial charge in [-0.3, -0.25) is 19.5 Å². The van der Waals surface area contributed by atoms with Crippen molar-refractivity contribution in [1.82, 2.24) is 20.4 Å². The molecule has 0 aliphatic rings. The Morgan fingerprint density at radius 3 is 2.46 bits per heavy atom. The second-order valence-electron chi connectivity index (χ2n) is 7.75. The molecule has 0 saturated heterocycles. The smallest absolute Gasteiger partial charge is 0.271 e. The molecule has 0 saturated carbocycles. The highest BCUT2D eigenvalue weighted by Crippen LogP contribution is 2.25. The first kappa shape index (κ1) is 26.0. The van der Waals surface area contributed by atoms with Gasteiger partial charge in [-0.2, -0.15) is 5.10 Å². The first-order valence-electron chi connectivity index (χ1n) is 10.5. The molecular weight excluding hydrogens is 491 g/mol. The summed E-state index contributed by atoms with van der Waals surface area (Å²) in [7, 11) is 3.82. The van der Waals surface area contributed by atoms with E-state index in [-0.39, 0.29) is 39.4 Å². The molecule has 11 heteroatoms. The van der Waals surface area contributed by atoms with Crippen LogP contribution in [-0.2, 0) is 11.3 Å². The summed E-state index contributed by atoms with van der Waals surface area (Å²) in [6.07, 6.45) is 4.55. The number of aromatic nitrogens is 2. The van der Waals surface area contributed by atoms with Crippen LogP contribution in [-0.4, -0.2) is 53.5 Å². The van der Waals surface area contributed by atoms with E-state index in [1.807, 2.05) is 25.1 Å². The number of carbonyl (C=O) groups excluding carboxylic acids is 3. The molecule has 182 valence electrons. The van der Waals surface area contributed by atoms with Crippen molar-refractivity contribution in [1.29, 1.82) is 0 Å². The highest BCUT2D eigenvalue weighted by atomic mass is 35.5. The Morgan fingerprint density at radius 1 is 1.03 bits per heavy atom. The van der Waals surface area contributed by atoms with E-state index in [2.05, 4.69) is 26.1 Å². The van der Waals surface area contributed by atoms with Crippen LogP contribution in [0.4, 0.5) is 11.4 Å². The Morgan fingerprint density at radius 2 is 1.74 bits per heavy atom. The van der Waals surface area contributed by atoms with Crippen molar-refractivity contribution in [2.45, 2.75) is 6.54 Å². The molecule has 0 unspecified atom stereocenters. The molecule has 35 heavy (non-hydrogen) atoms. The van der Waals surface area contributed by atoms with Gasteiger partial charge in [0.05, 0.1) is 27.5 Å². The Hall–Kier alpha value is -3.66. The molecule has 0 spiro atoms. The molecule has 1 heterocycles. The lowest BCUT2D eigenvalue weighted by Crippen LogP contribution is -2.25. The number of amides is 3. The molecule has 9 nitrogen and oxygen atoms in total. The second kappa shape index (κ2) is 12.2.